The van der Waals surface area contributed by atoms with Gasteiger partial charge in [-0.2, -0.15) is 0 Å². The predicted molar refractivity (Wildman–Crippen MR) is 87.0 cm³/mol. The molecular weight excluding hydrogens is 346 g/mol. The summed E-state index contributed by atoms with van der Waals surface area (Å²) in [5.74, 6) is 2.23. The zero-order valence-corrected chi connectivity index (χ0v) is 14.1. The second-order valence-corrected chi connectivity index (χ2v) is 7.12. The van der Waals surface area contributed by atoms with Crippen molar-refractivity contribution < 1.29 is 9.47 Å². The summed E-state index contributed by atoms with van der Waals surface area (Å²) < 4.78 is 14.3. The standard InChI is InChI=1S/C16H20BrN3O2/c17-15-14(22-10-12-5-7-21-8-6-12)4-3-13-16(15)18-19-20(13)9-11-1-2-11/h3-4,11-12H,1-2,5-10H2. The average molecular weight is 366 g/mol. The molecule has 1 saturated heterocycles. The molecule has 2 aromatic rings. The van der Waals surface area contributed by atoms with Crippen molar-refractivity contribution in [3.8, 4) is 5.75 Å². The lowest BCUT2D eigenvalue weighted by atomic mass is 10.0. The fourth-order valence-electron chi connectivity index (χ4n) is 2.90. The van der Waals surface area contributed by atoms with Crippen molar-refractivity contribution in [2.75, 3.05) is 19.8 Å². The molecule has 0 spiro atoms. The van der Waals surface area contributed by atoms with E-state index in [9.17, 15) is 0 Å². The van der Waals surface area contributed by atoms with E-state index in [0.29, 0.717) is 5.92 Å². The van der Waals surface area contributed by atoms with Crippen LogP contribution in [-0.4, -0.2) is 34.8 Å². The van der Waals surface area contributed by atoms with E-state index in [1.807, 2.05) is 10.7 Å². The van der Waals surface area contributed by atoms with Crippen LogP contribution in [-0.2, 0) is 11.3 Å². The Morgan fingerprint density at radius 2 is 2.00 bits per heavy atom. The van der Waals surface area contributed by atoms with Crippen molar-refractivity contribution in [2.45, 2.75) is 32.2 Å². The first-order valence-electron chi connectivity index (χ1n) is 8.03. The Kier molecular flexibility index (Phi) is 4.05. The molecule has 0 unspecified atom stereocenters. The molecule has 0 radical (unpaired) electrons. The summed E-state index contributed by atoms with van der Waals surface area (Å²) in [4.78, 5) is 0. The van der Waals surface area contributed by atoms with Gasteiger partial charge in [-0.15, -0.1) is 5.10 Å². The molecule has 1 aromatic heterocycles. The molecule has 0 N–H and O–H groups in total. The van der Waals surface area contributed by atoms with Gasteiger partial charge in [-0.1, -0.05) is 5.21 Å². The van der Waals surface area contributed by atoms with E-state index in [2.05, 4.69) is 32.3 Å². The molecule has 0 bridgehead atoms. The molecule has 0 atom stereocenters. The number of rotatable bonds is 5. The molecule has 1 aliphatic heterocycles. The Morgan fingerprint density at radius 3 is 2.77 bits per heavy atom. The van der Waals surface area contributed by atoms with Crippen LogP contribution in [0.3, 0.4) is 0 Å². The zero-order chi connectivity index (χ0) is 14.9. The molecule has 2 heterocycles. The van der Waals surface area contributed by atoms with Crippen molar-refractivity contribution in [1.82, 2.24) is 15.0 Å². The van der Waals surface area contributed by atoms with Crippen LogP contribution in [0.2, 0.25) is 0 Å². The van der Waals surface area contributed by atoms with Gasteiger partial charge >= 0.3 is 0 Å². The number of fused-ring (bicyclic) bond motifs is 1. The fourth-order valence-corrected chi connectivity index (χ4v) is 3.43. The number of aromatic nitrogens is 3. The minimum absolute atomic E-state index is 0.585. The van der Waals surface area contributed by atoms with Gasteiger partial charge in [0.25, 0.3) is 0 Å². The Balaban J connectivity index is 1.50. The Hall–Kier alpha value is -1.14. The van der Waals surface area contributed by atoms with Gasteiger partial charge in [0.2, 0.25) is 0 Å². The van der Waals surface area contributed by atoms with Crippen LogP contribution < -0.4 is 4.74 Å². The lowest BCUT2D eigenvalue weighted by Crippen LogP contribution is -2.21. The van der Waals surface area contributed by atoms with Gasteiger partial charge in [-0.3, -0.25) is 0 Å². The summed E-state index contributed by atoms with van der Waals surface area (Å²) >= 11 is 3.64. The second-order valence-electron chi connectivity index (χ2n) is 6.33. The quantitative estimate of drug-likeness (QED) is 0.814. The Labute approximate surface area is 138 Å². The average Bonchev–Trinajstić information content (AvgIpc) is 3.27. The van der Waals surface area contributed by atoms with Crippen LogP contribution in [0.15, 0.2) is 16.6 Å². The second kappa shape index (κ2) is 6.16. The van der Waals surface area contributed by atoms with Gasteiger partial charge < -0.3 is 9.47 Å². The number of ether oxygens (including phenoxy) is 2. The molecule has 2 fully saturated rings. The zero-order valence-electron chi connectivity index (χ0n) is 12.5. The van der Waals surface area contributed by atoms with Crippen LogP contribution in [0.4, 0.5) is 0 Å². The minimum Gasteiger partial charge on any atom is -0.492 e. The molecule has 1 aromatic carbocycles. The van der Waals surface area contributed by atoms with Crippen LogP contribution in [0.5, 0.6) is 5.75 Å². The highest BCUT2D eigenvalue weighted by Gasteiger charge is 2.24. The van der Waals surface area contributed by atoms with E-state index in [0.717, 1.165) is 66.4 Å². The van der Waals surface area contributed by atoms with Crippen LogP contribution in [0.25, 0.3) is 11.0 Å². The van der Waals surface area contributed by atoms with E-state index in [4.69, 9.17) is 9.47 Å². The first kappa shape index (κ1) is 14.5. The smallest absolute Gasteiger partial charge is 0.135 e. The number of nitrogens with zero attached hydrogens (tertiary/aromatic N) is 3. The van der Waals surface area contributed by atoms with Gasteiger partial charge in [-0.05, 0) is 65.6 Å². The van der Waals surface area contributed by atoms with Gasteiger partial charge in [-0.25, -0.2) is 4.68 Å². The molecular formula is C16H20BrN3O2. The van der Waals surface area contributed by atoms with Gasteiger partial charge in [0.05, 0.1) is 16.6 Å². The Morgan fingerprint density at radius 1 is 1.18 bits per heavy atom. The molecule has 4 rings (SSSR count). The van der Waals surface area contributed by atoms with E-state index in [1.165, 1.54) is 12.8 Å². The van der Waals surface area contributed by atoms with Crippen molar-refractivity contribution in [2.24, 2.45) is 11.8 Å². The topological polar surface area (TPSA) is 49.2 Å². The molecule has 5 nitrogen and oxygen atoms in total. The van der Waals surface area contributed by atoms with Crippen molar-refractivity contribution in [1.29, 1.82) is 0 Å². The summed E-state index contributed by atoms with van der Waals surface area (Å²) in [5.41, 5.74) is 1.97. The SMILES string of the molecule is Brc1c(OCC2CCOCC2)ccc2c1nnn2CC1CC1. The van der Waals surface area contributed by atoms with E-state index >= 15 is 0 Å². The summed E-state index contributed by atoms with van der Waals surface area (Å²) in [6.07, 6.45) is 4.79. The summed E-state index contributed by atoms with van der Waals surface area (Å²) in [5, 5.41) is 8.61. The molecule has 2 aliphatic rings. The van der Waals surface area contributed by atoms with Crippen LogP contribution >= 0.6 is 15.9 Å². The van der Waals surface area contributed by atoms with Gasteiger partial charge in [0.1, 0.15) is 11.3 Å². The molecule has 1 saturated carbocycles. The third-order valence-electron chi connectivity index (χ3n) is 4.53. The highest BCUT2D eigenvalue weighted by Crippen LogP contribution is 2.35. The van der Waals surface area contributed by atoms with Crippen molar-refractivity contribution in [3.05, 3.63) is 16.6 Å². The largest absolute Gasteiger partial charge is 0.492 e. The third-order valence-corrected chi connectivity index (χ3v) is 5.30. The molecule has 0 amide bonds. The molecule has 6 heteroatoms. The minimum atomic E-state index is 0.585. The molecule has 118 valence electrons. The normalized spacial score (nSPS) is 19.7. The first-order chi connectivity index (χ1) is 10.8. The monoisotopic (exact) mass is 365 g/mol. The first-order valence-corrected chi connectivity index (χ1v) is 8.83. The fraction of sp³-hybridized carbons (Fsp3) is 0.625. The maximum atomic E-state index is 6.01. The maximum absolute atomic E-state index is 6.01. The van der Waals surface area contributed by atoms with Crippen LogP contribution in [0, 0.1) is 11.8 Å². The summed E-state index contributed by atoms with van der Waals surface area (Å²) in [7, 11) is 0. The summed E-state index contributed by atoms with van der Waals surface area (Å²) in [6, 6.07) is 4.10. The number of hydrogen-bond donors (Lipinski definition) is 0. The van der Waals surface area contributed by atoms with Crippen molar-refractivity contribution >= 4 is 27.0 Å². The molecule has 22 heavy (non-hydrogen) atoms. The number of benzene rings is 1. The van der Waals surface area contributed by atoms with E-state index in [1.54, 1.807) is 0 Å². The lowest BCUT2D eigenvalue weighted by Gasteiger charge is -2.22. The van der Waals surface area contributed by atoms with E-state index in [-0.39, 0.29) is 0 Å². The van der Waals surface area contributed by atoms with Gasteiger partial charge in [0, 0.05) is 19.8 Å². The third kappa shape index (κ3) is 2.99. The summed E-state index contributed by atoms with van der Waals surface area (Å²) in [6.45, 7) is 3.42. The highest BCUT2D eigenvalue weighted by atomic mass is 79.9. The Bertz CT molecular complexity index is 663. The maximum Gasteiger partial charge on any atom is 0.135 e. The number of hydrogen-bond acceptors (Lipinski definition) is 4. The predicted octanol–water partition coefficient (Wildman–Crippen LogP) is 3.41. The van der Waals surface area contributed by atoms with Crippen LogP contribution in [0.1, 0.15) is 25.7 Å². The van der Waals surface area contributed by atoms with Gasteiger partial charge in [0.15, 0.2) is 0 Å². The lowest BCUT2D eigenvalue weighted by molar-refractivity contribution is 0.0496. The number of halogens is 1. The van der Waals surface area contributed by atoms with Crippen molar-refractivity contribution in [3.63, 3.8) is 0 Å². The molecule has 1 aliphatic carbocycles. The highest BCUT2D eigenvalue weighted by molar-refractivity contribution is 9.10. The van der Waals surface area contributed by atoms with E-state index < -0.39 is 0 Å².